The number of carbonyl (C=O) groups is 2. The second-order valence-corrected chi connectivity index (χ2v) is 16.0. The summed E-state index contributed by atoms with van der Waals surface area (Å²) in [7, 11) is 0. The summed E-state index contributed by atoms with van der Waals surface area (Å²) in [6.45, 7) is 15.7. The molecule has 274 valence electrons. The largest absolute Gasteiger partial charge is 0.474 e. The van der Waals surface area contributed by atoms with E-state index < -0.39 is 5.60 Å². The van der Waals surface area contributed by atoms with Crippen molar-refractivity contribution in [3.05, 3.63) is 53.5 Å². The Morgan fingerprint density at radius 3 is 2.32 bits per heavy atom. The molecule has 3 fully saturated rings. The van der Waals surface area contributed by atoms with Gasteiger partial charge in [-0.05, 0) is 96.0 Å². The molecular formula is C39H56FN5O5. The highest BCUT2D eigenvalue weighted by Gasteiger charge is 2.43. The van der Waals surface area contributed by atoms with Crippen LogP contribution in [0.1, 0.15) is 84.8 Å². The third kappa shape index (κ3) is 8.60. The number of anilines is 1. The summed E-state index contributed by atoms with van der Waals surface area (Å²) in [5.74, 6) is 0.575. The molecule has 4 heterocycles. The summed E-state index contributed by atoms with van der Waals surface area (Å²) in [5.41, 5.74) is 2.02. The second kappa shape index (κ2) is 15.5. The lowest BCUT2D eigenvalue weighted by atomic mass is 9.83. The molecule has 5 atom stereocenters. The highest BCUT2D eigenvalue weighted by molar-refractivity contribution is 5.97. The monoisotopic (exact) mass is 693 g/mol. The first-order valence-electron chi connectivity index (χ1n) is 18.6. The molecule has 1 aromatic carbocycles. The number of morpholine rings is 1. The van der Waals surface area contributed by atoms with Gasteiger partial charge < -0.3 is 19.1 Å². The number of rotatable bonds is 7. The number of nitrogens with zero attached hydrogens (tertiary/aromatic N) is 5. The molecule has 3 aliphatic heterocycles. The van der Waals surface area contributed by atoms with Crippen LogP contribution in [0.3, 0.4) is 0 Å². The van der Waals surface area contributed by atoms with Gasteiger partial charge in [0.15, 0.2) is 0 Å². The van der Waals surface area contributed by atoms with Crippen molar-refractivity contribution in [1.82, 2.24) is 19.7 Å². The van der Waals surface area contributed by atoms with Gasteiger partial charge in [-0.15, -0.1) is 0 Å². The number of hydrogen-bond donors (Lipinski definition) is 0. The smallest absolute Gasteiger partial charge is 0.410 e. The number of ether oxygens (including phenoxy) is 3. The molecule has 2 amide bonds. The van der Waals surface area contributed by atoms with E-state index in [-0.39, 0.29) is 54.6 Å². The molecule has 0 radical (unpaired) electrons. The van der Waals surface area contributed by atoms with Gasteiger partial charge in [-0.2, -0.15) is 0 Å². The maximum absolute atomic E-state index is 14.9. The summed E-state index contributed by atoms with van der Waals surface area (Å²) < 4.78 is 31.6. The second-order valence-electron chi connectivity index (χ2n) is 16.0. The van der Waals surface area contributed by atoms with E-state index in [9.17, 15) is 14.0 Å². The highest BCUT2D eigenvalue weighted by atomic mass is 19.1. The van der Waals surface area contributed by atoms with Gasteiger partial charge in [0.25, 0.3) is 0 Å². The van der Waals surface area contributed by atoms with Crippen molar-refractivity contribution >= 4 is 17.7 Å². The fraction of sp³-hybridized carbons (Fsp3) is 0.667. The molecule has 11 heteroatoms. The first kappa shape index (κ1) is 36.5. The first-order chi connectivity index (χ1) is 23.9. The van der Waals surface area contributed by atoms with Crippen LogP contribution in [0.25, 0.3) is 0 Å². The molecule has 0 N–H and O–H groups in total. The third-order valence-electron chi connectivity index (χ3n) is 10.8. The average Bonchev–Trinajstić information content (AvgIpc) is 3.07. The van der Waals surface area contributed by atoms with Crippen LogP contribution < -0.4 is 9.64 Å². The fourth-order valence-corrected chi connectivity index (χ4v) is 8.24. The zero-order valence-corrected chi connectivity index (χ0v) is 30.8. The molecule has 1 saturated carbocycles. The van der Waals surface area contributed by atoms with E-state index in [0.717, 1.165) is 36.8 Å². The summed E-state index contributed by atoms with van der Waals surface area (Å²) >= 11 is 0. The predicted octanol–water partition coefficient (Wildman–Crippen LogP) is 5.90. The predicted molar refractivity (Wildman–Crippen MR) is 191 cm³/mol. The van der Waals surface area contributed by atoms with Gasteiger partial charge in [0.2, 0.25) is 11.8 Å². The molecular weight excluding hydrogens is 637 g/mol. The molecule has 50 heavy (non-hydrogen) atoms. The van der Waals surface area contributed by atoms with Crippen LogP contribution in [0.5, 0.6) is 5.88 Å². The Kier molecular flexibility index (Phi) is 11.3. The van der Waals surface area contributed by atoms with Crippen LogP contribution in [0, 0.1) is 11.7 Å². The van der Waals surface area contributed by atoms with Crippen LogP contribution in [0.15, 0.2) is 36.5 Å². The number of benzene rings is 1. The Labute approximate surface area is 297 Å². The lowest BCUT2D eigenvalue weighted by molar-refractivity contribution is -0.123. The number of aromatic nitrogens is 1. The van der Waals surface area contributed by atoms with Crippen molar-refractivity contribution in [3.8, 4) is 5.88 Å². The summed E-state index contributed by atoms with van der Waals surface area (Å²) in [6.07, 6.45) is 7.71. The minimum absolute atomic E-state index is 0.0249. The molecule has 6 rings (SSSR count). The molecule has 0 bridgehead atoms. The van der Waals surface area contributed by atoms with E-state index in [0.29, 0.717) is 63.4 Å². The van der Waals surface area contributed by atoms with Gasteiger partial charge in [-0.3, -0.25) is 19.5 Å². The maximum Gasteiger partial charge on any atom is 0.410 e. The number of hydrogen-bond acceptors (Lipinski definition) is 8. The standard InChI is InChI=1S/C39H56FN5O5/c1-26-19-42(33(20-43-27(2)23-48-24-28(43)3)21-44(26)38(47)50-39(4,5)6)22-36(46)45-34-17-30(16-29-12-14-32(40)15-13-29)18-41-37(34)49-25-35(45)31-10-8-7-9-11-31/h12-15,17-18,26-28,31,33,35H,7-11,16,19-25H2,1-6H3/t26-,27-,28-,33+,35-/m1/s1. The van der Waals surface area contributed by atoms with E-state index >= 15 is 0 Å². The van der Waals surface area contributed by atoms with Crippen molar-refractivity contribution in [2.45, 2.75) is 116 Å². The molecule has 0 spiro atoms. The van der Waals surface area contributed by atoms with Crippen LogP contribution in [0.2, 0.25) is 0 Å². The van der Waals surface area contributed by atoms with Crippen molar-refractivity contribution < 1.29 is 28.2 Å². The van der Waals surface area contributed by atoms with Crippen molar-refractivity contribution in [2.24, 2.45) is 5.92 Å². The highest BCUT2D eigenvalue weighted by Crippen LogP contribution is 2.39. The van der Waals surface area contributed by atoms with E-state index in [1.807, 2.05) is 43.6 Å². The summed E-state index contributed by atoms with van der Waals surface area (Å²) in [4.78, 5) is 41.6. The SMILES string of the molecule is C[C@@H]1CN(CC(=O)N2c3cc(Cc4ccc(F)cc4)cnc3OC[C@@H]2C2CCCCC2)[C@@H](CN2[C@H](C)COC[C@H]2C)CN1C(=O)OC(C)(C)C. The van der Waals surface area contributed by atoms with Gasteiger partial charge in [0.1, 0.15) is 23.7 Å². The van der Waals surface area contributed by atoms with Gasteiger partial charge in [-0.1, -0.05) is 31.4 Å². The number of piperazine rings is 1. The van der Waals surface area contributed by atoms with Crippen molar-refractivity contribution in [2.75, 3.05) is 50.9 Å². The Hall–Kier alpha value is -3.28. The normalized spacial score (nSPS) is 27.1. The average molecular weight is 694 g/mol. The molecule has 1 aromatic heterocycles. The minimum atomic E-state index is -0.603. The van der Waals surface area contributed by atoms with Gasteiger partial charge in [0.05, 0.1) is 25.8 Å². The van der Waals surface area contributed by atoms with E-state index in [4.69, 9.17) is 19.2 Å². The van der Waals surface area contributed by atoms with Crippen LogP contribution in [0.4, 0.5) is 14.9 Å². The quantitative estimate of drug-likeness (QED) is 0.354. The first-order valence-corrected chi connectivity index (χ1v) is 18.6. The Morgan fingerprint density at radius 1 is 0.940 bits per heavy atom. The maximum atomic E-state index is 14.9. The van der Waals surface area contributed by atoms with Crippen molar-refractivity contribution in [1.29, 1.82) is 0 Å². The van der Waals surface area contributed by atoms with Gasteiger partial charge in [0, 0.05) is 50.0 Å². The van der Waals surface area contributed by atoms with E-state index in [1.54, 1.807) is 18.3 Å². The van der Waals surface area contributed by atoms with Crippen LogP contribution >= 0.6 is 0 Å². The van der Waals surface area contributed by atoms with Crippen LogP contribution in [-0.4, -0.2) is 113 Å². The third-order valence-corrected chi connectivity index (χ3v) is 10.8. The summed E-state index contributed by atoms with van der Waals surface area (Å²) in [5, 5.41) is 0. The number of carbonyl (C=O) groups excluding carboxylic acids is 2. The van der Waals surface area contributed by atoms with Gasteiger partial charge >= 0.3 is 6.09 Å². The molecule has 2 saturated heterocycles. The Morgan fingerprint density at radius 2 is 1.64 bits per heavy atom. The van der Waals surface area contributed by atoms with Crippen LogP contribution in [-0.2, 0) is 20.7 Å². The van der Waals surface area contributed by atoms with Gasteiger partial charge in [-0.25, -0.2) is 14.2 Å². The zero-order valence-electron chi connectivity index (χ0n) is 30.8. The lowest BCUT2D eigenvalue weighted by Gasteiger charge is -2.49. The number of amides is 2. The lowest BCUT2D eigenvalue weighted by Crippen LogP contribution is -2.65. The molecule has 4 aliphatic rings. The van der Waals surface area contributed by atoms with E-state index in [1.165, 1.54) is 18.6 Å². The molecule has 10 nitrogen and oxygen atoms in total. The van der Waals surface area contributed by atoms with Crippen molar-refractivity contribution in [3.63, 3.8) is 0 Å². The van der Waals surface area contributed by atoms with E-state index in [2.05, 4.69) is 23.6 Å². The number of pyridine rings is 1. The molecule has 0 unspecified atom stereocenters. The number of fused-ring (bicyclic) bond motifs is 1. The zero-order chi connectivity index (χ0) is 35.6. The summed E-state index contributed by atoms with van der Waals surface area (Å²) in [6, 6.07) is 8.69. The molecule has 1 aliphatic carbocycles. The number of halogens is 1. The Bertz CT molecular complexity index is 1470. The Balaban J connectivity index is 1.29. The molecule has 2 aromatic rings. The fourth-order valence-electron chi connectivity index (χ4n) is 8.24. The minimum Gasteiger partial charge on any atom is -0.474 e. The topological polar surface area (TPSA) is 87.7 Å².